The molecule has 0 N–H and O–H groups in total. The molecule has 70 heavy (non-hydrogen) atoms. The number of hydrogen-bond acceptors (Lipinski definition) is 3. The van der Waals surface area contributed by atoms with E-state index < -0.39 is 0 Å². The fraction of sp³-hybridized carbons (Fsp3) is 0. The summed E-state index contributed by atoms with van der Waals surface area (Å²) in [5, 5.41) is 15.2. The number of benzene rings is 10. The molecule has 0 radical (unpaired) electrons. The van der Waals surface area contributed by atoms with Crippen LogP contribution in [0.2, 0.25) is 0 Å². The van der Waals surface area contributed by atoms with Gasteiger partial charge in [0.1, 0.15) is 0 Å². The summed E-state index contributed by atoms with van der Waals surface area (Å²) in [7, 11) is 0. The summed E-state index contributed by atoms with van der Waals surface area (Å²) >= 11 is 0. The molecular weight excluding hydrogens is 851 g/mol. The van der Waals surface area contributed by atoms with Crippen LogP contribution in [0.4, 0.5) is 0 Å². The van der Waals surface area contributed by atoms with Crippen LogP contribution < -0.4 is 0 Å². The first-order valence-corrected chi connectivity index (χ1v) is 23.5. The highest BCUT2D eigenvalue weighted by molar-refractivity contribution is 6.13. The van der Waals surface area contributed by atoms with Crippen molar-refractivity contribution in [2.45, 2.75) is 0 Å². The van der Waals surface area contributed by atoms with Gasteiger partial charge >= 0.3 is 0 Å². The molecule has 0 saturated carbocycles. The van der Waals surface area contributed by atoms with Gasteiger partial charge in [0.25, 0.3) is 0 Å². The lowest BCUT2D eigenvalue weighted by Gasteiger charge is -2.20. The van der Waals surface area contributed by atoms with Gasteiger partial charge in [0.2, 0.25) is 0 Å². The van der Waals surface area contributed by atoms with Gasteiger partial charge in [0, 0.05) is 49.4 Å². The molecule has 0 aliphatic rings. The van der Waals surface area contributed by atoms with Crippen molar-refractivity contribution in [1.82, 2.24) is 19.1 Å². The Kier molecular flexibility index (Phi) is 9.81. The van der Waals surface area contributed by atoms with Crippen molar-refractivity contribution in [3.05, 3.63) is 254 Å². The Bertz CT molecular complexity index is 3960. The fourth-order valence-electron chi connectivity index (χ4n) is 10.3. The molecule has 326 valence electrons. The quantitative estimate of drug-likeness (QED) is 0.153. The molecule has 3 heterocycles. The van der Waals surface area contributed by atoms with Crippen molar-refractivity contribution in [1.29, 1.82) is 5.26 Å². The number of rotatable bonds is 8. The summed E-state index contributed by atoms with van der Waals surface area (Å²) in [6.07, 6.45) is 0. The number of fused-ring (bicyclic) bond motifs is 6. The van der Waals surface area contributed by atoms with Gasteiger partial charge in [0.05, 0.1) is 56.5 Å². The summed E-state index contributed by atoms with van der Waals surface area (Å²) in [6, 6.07) is 89.9. The van der Waals surface area contributed by atoms with Gasteiger partial charge in [-0.2, -0.15) is 5.26 Å². The van der Waals surface area contributed by atoms with Gasteiger partial charge in [-0.15, -0.1) is 0 Å². The first kappa shape index (κ1) is 40.6. The molecule has 0 aliphatic carbocycles. The van der Waals surface area contributed by atoms with Crippen LogP contribution in [0.15, 0.2) is 249 Å². The second kappa shape index (κ2) is 16.9. The van der Waals surface area contributed by atoms with Crippen LogP contribution in [0.25, 0.3) is 122 Å². The minimum absolute atomic E-state index is 0.577. The fourth-order valence-corrected chi connectivity index (χ4v) is 10.3. The maximum atomic E-state index is 10.6. The normalized spacial score (nSPS) is 11.4. The molecule has 3 aromatic heterocycles. The van der Waals surface area contributed by atoms with E-state index in [1.807, 2.05) is 48.5 Å². The predicted molar refractivity (Wildman–Crippen MR) is 288 cm³/mol. The number of para-hydroxylation sites is 2. The second-order valence-corrected chi connectivity index (χ2v) is 17.7. The average Bonchev–Trinajstić information content (AvgIpc) is 3.95. The summed E-state index contributed by atoms with van der Waals surface area (Å²) in [4.78, 5) is 10.5. The highest BCUT2D eigenvalue weighted by atomic mass is 15.0. The molecule has 0 atom stereocenters. The molecule has 0 fully saturated rings. The molecule has 0 saturated heterocycles. The van der Waals surface area contributed by atoms with Crippen LogP contribution in [-0.4, -0.2) is 19.1 Å². The Morgan fingerprint density at radius 1 is 0.300 bits per heavy atom. The topological polar surface area (TPSA) is 59.4 Å². The lowest BCUT2D eigenvalue weighted by atomic mass is 9.95. The highest BCUT2D eigenvalue weighted by Gasteiger charge is 2.23. The lowest BCUT2D eigenvalue weighted by Crippen LogP contribution is -2.03. The molecule has 10 aromatic carbocycles. The van der Waals surface area contributed by atoms with Gasteiger partial charge in [-0.05, 0) is 89.0 Å². The summed E-state index contributed by atoms with van der Waals surface area (Å²) in [5.74, 6) is 0.651. The van der Waals surface area contributed by atoms with E-state index in [9.17, 15) is 5.26 Å². The summed E-state index contributed by atoms with van der Waals surface area (Å²) in [6.45, 7) is 0. The highest BCUT2D eigenvalue weighted by Crippen LogP contribution is 2.44. The van der Waals surface area contributed by atoms with Crippen molar-refractivity contribution in [3.8, 4) is 84.7 Å². The maximum Gasteiger partial charge on any atom is 0.160 e. The van der Waals surface area contributed by atoms with E-state index in [1.165, 1.54) is 0 Å². The van der Waals surface area contributed by atoms with Crippen LogP contribution >= 0.6 is 0 Å². The van der Waals surface area contributed by atoms with Crippen LogP contribution in [0.1, 0.15) is 5.56 Å². The van der Waals surface area contributed by atoms with E-state index in [0.29, 0.717) is 11.4 Å². The second-order valence-electron chi connectivity index (χ2n) is 17.7. The van der Waals surface area contributed by atoms with Gasteiger partial charge in [-0.25, -0.2) is 9.97 Å². The average molecular weight is 892 g/mol. The lowest BCUT2D eigenvalue weighted by molar-refractivity contribution is 1.15. The van der Waals surface area contributed by atoms with E-state index in [-0.39, 0.29) is 0 Å². The van der Waals surface area contributed by atoms with Crippen molar-refractivity contribution < 1.29 is 0 Å². The molecule has 5 nitrogen and oxygen atoms in total. The Morgan fingerprint density at radius 3 is 1.31 bits per heavy atom. The van der Waals surface area contributed by atoms with Gasteiger partial charge < -0.3 is 9.13 Å². The first-order valence-electron chi connectivity index (χ1n) is 23.5. The monoisotopic (exact) mass is 891 g/mol. The van der Waals surface area contributed by atoms with Crippen LogP contribution in [0, 0.1) is 11.3 Å². The molecule has 5 heteroatoms. The maximum absolute atomic E-state index is 10.6. The van der Waals surface area contributed by atoms with E-state index in [1.54, 1.807) is 0 Å². The van der Waals surface area contributed by atoms with Crippen molar-refractivity contribution in [2.24, 2.45) is 0 Å². The van der Waals surface area contributed by atoms with Gasteiger partial charge in [-0.1, -0.05) is 182 Å². The molecule has 0 bridgehead atoms. The minimum atomic E-state index is 0.577. The minimum Gasteiger partial charge on any atom is -0.309 e. The zero-order valence-electron chi connectivity index (χ0n) is 37.9. The van der Waals surface area contributed by atoms with Crippen LogP contribution in [-0.2, 0) is 0 Å². The number of hydrogen-bond donors (Lipinski definition) is 0. The zero-order chi connectivity index (χ0) is 46.5. The molecule has 13 aromatic rings. The summed E-state index contributed by atoms with van der Waals surface area (Å²) < 4.78 is 4.75. The Balaban J connectivity index is 1.13. The van der Waals surface area contributed by atoms with Crippen LogP contribution in [0.5, 0.6) is 0 Å². The zero-order valence-corrected chi connectivity index (χ0v) is 37.9. The third-order valence-corrected chi connectivity index (χ3v) is 13.6. The molecule has 0 amide bonds. The Morgan fingerprint density at radius 2 is 0.757 bits per heavy atom. The Labute approximate surface area is 405 Å². The van der Waals surface area contributed by atoms with E-state index in [0.717, 1.165) is 116 Å². The molecule has 0 aliphatic heterocycles. The molecule has 0 unspecified atom stereocenters. The molecule has 0 spiro atoms. The molecule has 13 rings (SSSR count). The smallest absolute Gasteiger partial charge is 0.160 e. The summed E-state index contributed by atoms with van der Waals surface area (Å²) in [5.41, 5.74) is 17.9. The van der Waals surface area contributed by atoms with Crippen LogP contribution in [0.3, 0.4) is 0 Å². The third-order valence-electron chi connectivity index (χ3n) is 13.6. The number of aromatic nitrogens is 4. The standard InChI is InChI=1S/C65H41N5/c66-42-43-29-33-53(64(37-43)70-59-27-15-13-25-51(59)52-26-14-16-28-60(52)70)54-40-50(58-41-57(46-21-9-3-10-22-46)67-65(68-58)47-23-11-4-12-24-47)32-36-61(54)69-62-34-30-48(44-17-5-1-6-18-44)38-55(62)56-39-49(31-35-63(56)69)45-19-7-2-8-20-45/h1-41H. The van der Waals surface area contributed by atoms with Crippen molar-refractivity contribution in [3.63, 3.8) is 0 Å². The first-order chi connectivity index (χ1) is 34.7. The number of nitriles is 1. The van der Waals surface area contributed by atoms with Crippen molar-refractivity contribution >= 4 is 43.6 Å². The largest absolute Gasteiger partial charge is 0.309 e. The van der Waals surface area contributed by atoms with E-state index >= 15 is 0 Å². The van der Waals surface area contributed by atoms with E-state index in [2.05, 4.69) is 215 Å². The SMILES string of the molecule is N#Cc1ccc(-c2cc(-c3cc(-c4ccccc4)nc(-c4ccccc4)n3)ccc2-n2c3ccc(-c4ccccc4)cc3c3cc(-c4ccccc4)ccc32)c(-n2c3ccccc3c3ccccc32)c1. The predicted octanol–water partition coefficient (Wildman–Crippen LogP) is 16.5. The van der Waals surface area contributed by atoms with Gasteiger partial charge in [-0.3, -0.25) is 0 Å². The Hall–Kier alpha value is -9.63. The van der Waals surface area contributed by atoms with Crippen molar-refractivity contribution in [2.75, 3.05) is 0 Å². The number of nitrogens with zero attached hydrogens (tertiary/aromatic N) is 5. The molecular formula is C65H41N5. The third kappa shape index (κ3) is 6.94. The van der Waals surface area contributed by atoms with E-state index in [4.69, 9.17) is 9.97 Å². The van der Waals surface area contributed by atoms with Gasteiger partial charge in [0.15, 0.2) is 5.82 Å².